The number of ether oxygens (including phenoxy) is 1. The van der Waals surface area contributed by atoms with E-state index in [1.807, 2.05) is 56.3 Å². The van der Waals surface area contributed by atoms with Crippen LogP contribution in [0.3, 0.4) is 0 Å². The highest BCUT2D eigenvalue weighted by molar-refractivity contribution is 9.10. The van der Waals surface area contributed by atoms with Gasteiger partial charge >= 0.3 is 0 Å². The summed E-state index contributed by atoms with van der Waals surface area (Å²) < 4.78 is 6.57. The zero-order chi connectivity index (χ0) is 24.7. The number of carbonyl (C=O) groups excluding carboxylic acids is 3. The van der Waals surface area contributed by atoms with Crippen LogP contribution in [-0.4, -0.2) is 35.4 Å². The van der Waals surface area contributed by atoms with Gasteiger partial charge in [0.15, 0.2) is 0 Å². The van der Waals surface area contributed by atoms with Gasteiger partial charge in [-0.05, 0) is 55.8 Å². The first kappa shape index (κ1) is 23.3. The van der Waals surface area contributed by atoms with Crippen LogP contribution in [0.2, 0.25) is 0 Å². The molecule has 3 aromatic rings. The molecule has 0 saturated carbocycles. The van der Waals surface area contributed by atoms with Crippen molar-refractivity contribution in [2.24, 2.45) is 5.92 Å². The molecule has 2 aliphatic rings. The maximum atomic E-state index is 13.8. The molecule has 0 radical (unpaired) electrons. The highest BCUT2D eigenvalue weighted by atomic mass is 79.9. The van der Waals surface area contributed by atoms with Crippen molar-refractivity contribution in [3.8, 4) is 5.75 Å². The van der Waals surface area contributed by atoms with Crippen molar-refractivity contribution in [3.05, 3.63) is 94.0 Å². The Bertz CT molecular complexity index is 1330. The molecule has 0 aliphatic carbocycles. The molecule has 2 saturated heterocycles. The van der Waals surface area contributed by atoms with E-state index in [1.165, 1.54) is 9.91 Å². The third-order valence-corrected chi connectivity index (χ3v) is 6.83. The van der Waals surface area contributed by atoms with Gasteiger partial charge in [0.2, 0.25) is 5.91 Å². The first-order chi connectivity index (χ1) is 16.9. The minimum absolute atomic E-state index is 0.348. The van der Waals surface area contributed by atoms with Gasteiger partial charge < -0.3 is 4.74 Å². The van der Waals surface area contributed by atoms with Gasteiger partial charge in [0.05, 0.1) is 24.3 Å². The van der Waals surface area contributed by atoms with E-state index in [0.29, 0.717) is 23.6 Å². The molecule has 0 unspecified atom stereocenters. The van der Waals surface area contributed by atoms with Gasteiger partial charge in [0.1, 0.15) is 11.8 Å². The van der Waals surface area contributed by atoms with Crippen LogP contribution < -0.4 is 15.1 Å². The Hall–Kier alpha value is -3.49. The highest BCUT2D eigenvalue weighted by Gasteiger charge is 2.60. The summed E-state index contributed by atoms with van der Waals surface area (Å²) in [6, 6.07) is 20.0. The molecular formula is C27H24BrN3O4. The van der Waals surface area contributed by atoms with Crippen molar-refractivity contribution in [3.63, 3.8) is 0 Å². The predicted octanol–water partition coefficient (Wildman–Crippen LogP) is 4.42. The Labute approximate surface area is 211 Å². The van der Waals surface area contributed by atoms with Gasteiger partial charge in [-0.1, -0.05) is 52.3 Å². The Morgan fingerprint density at radius 2 is 1.77 bits per heavy atom. The standard InChI is InChI=1S/C27H24BrN3O4/c1-3-35-21-13-5-4-12-20(21)23-22-24(31(29-23)25(32)17-9-7-10-18(28)15-17)27(34)30(26(22)33)19-11-6-8-16(2)14-19/h4-15,22-24,29H,3H2,1-2H3/t22-,23+,24-/m1/s1. The molecule has 35 heavy (non-hydrogen) atoms. The number of rotatable bonds is 5. The van der Waals surface area contributed by atoms with Gasteiger partial charge in [0, 0.05) is 15.6 Å². The summed E-state index contributed by atoms with van der Waals surface area (Å²) >= 11 is 3.40. The zero-order valence-corrected chi connectivity index (χ0v) is 20.9. The van der Waals surface area contributed by atoms with Crippen LogP contribution in [0.15, 0.2) is 77.3 Å². The Morgan fingerprint density at radius 1 is 1.00 bits per heavy atom. The van der Waals surface area contributed by atoms with Crippen molar-refractivity contribution in [1.82, 2.24) is 10.4 Å². The molecule has 2 heterocycles. The molecule has 5 rings (SSSR count). The monoisotopic (exact) mass is 533 g/mol. The lowest BCUT2D eigenvalue weighted by molar-refractivity contribution is -0.123. The summed E-state index contributed by atoms with van der Waals surface area (Å²) in [4.78, 5) is 42.4. The van der Waals surface area contributed by atoms with E-state index in [-0.39, 0.29) is 11.8 Å². The van der Waals surface area contributed by atoms with E-state index in [0.717, 1.165) is 15.6 Å². The minimum atomic E-state index is -0.992. The second-order valence-electron chi connectivity index (χ2n) is 8.58. The van der Waals surface area contributed by atoms with Crippen LogP contribution in [0.4, 0.5) is 5.69 Å². The van der Waals surface area contributed by atoms with E-state index in [9.17, 15) is 14.4 Å². The van der Waals surface area contributed by atoms with Gasteiger partial charge in [-0.15, -0.1) is 0 Å². The molecule has 2 fully saturated rings. The molecule has 178 valence electrons. The fourth-order valence-electron chi connectivity index (χ4n) is 4.84. The number of para-hydroxylation sites is 1. The topological polar surface area (TPSA) is 79.0 Å². The highest BCUT2D eigenvalue weighted by Crippen LogP contribution is 2.44. The molecule has 8 heteroatoms. The van der Waals surface area contributed by atoms with E-state index in [4.69, 9.17) is 4.74 Å². The molecule has 0 aromatic heterocycles. The first-order valence-corrected chi connectivity index (χ1v) is 12.2. The number of amides is 3. The Balaban J connectivity index is 1.61. The lowest BCUT2D eigenvalue weighted by atomic mass is 9.90. The molecule has 3 aromatic carbocycles. The summed E-state index contributed by atoms with van der Waals surface area (Å²) in [5, 5.41) is 1.32. The van der Waals surface area contributed by atoms with Gasteiger partial charge in [-0.3, -0.25) is 19.4 Å². The van der Waals surface area contributed by atoms with E-state index >= 15 is 0 Å². The average molecular weight is 534 g/mol. The summed E-state index contributed by atoms with van der Waals surface area (Å²) in [5.74, 6) is -1.36. The van der Waals surface area contributed by atoms with Gasteiger partial charge in [-0.25, -0.2) is 10.3 Å². The lowest BCUT2D eigenvalue weighted by Crippen LogP contribution is -2.48. The van der Waals surface area contributed by atoms with E-state index < -0.39 is 23.9 Å². The number of benzene rings is 3. The molecule has 3 amide bonds. The van der Waals surface area contributed by atoms with Gasteiger partial charge in [-0.2, -0.15) is 0 Å². The van der Waals surface area contributed by atoms with Crippen molar-refractivity contribution in [2.45, 2.75) is 25.9 Å². The Morgan fingerprint density at radius 3 is 2.51 bits per heavy atom. The number of aryl methyl sites for hydroxylation is 1. The van der Waals surface area contributed by atoms with E-state index in [2.05, 4.69) is 21.4 Å². The number of imide groups is 1. The molecule has 0 spiro atoms. The van der Waals surface area contributed by atoms with Crippen LogP contribution in [0.25, 0.3) is 0 Å². The number of nitrogens with zero attached hydrogens (tertiary/aromatic N) is 2. The summed E-state index contributed by atoms with van der Waals surface area (Å²) in [7, 11) is 0. The number of hydrogen-bond acceptors (Lipinski definition) is 5. The van der Waals surface area contributed by atoms with Crippen LogP contribution in [0, 0.1) is 12.8 Å². The van der Waals surface area contributed by atoms with Crippen molar-refractivity contribution in [2.75, 3.05) is 11.5 Å². The van der Waals surface area contributed by atoms with Crippen LogP contribution in [0.5, 0.6) is 5.75 Å². The number of anilines is 1. The molecule has 7 nitrogen and oxygen atoms in total. The molecule has 3 atom stereocenters. The summed E-state index contributed by atoms with van der Waals surface area (Å²) in [5.41, 5.74) is 5.75. The van der Waals surface area contributed by atoms with Crippen LogP contribution in [0.1, 0.15) is 34.5 Å². The largest absolute Gasteiger partial charge is 0.494 e. The third kappa shape index (κ3) is 4.02. The fraction of sp³-hybridized carbons (Fsp3) is 0.222. The van der Waals surface area contributed by atoms with E-state index in [1.54, 1.807) is 30.3 Å². The van der Waals surface area contributed by atoms with Crippen molar-refractivity contribution >= 4 is 39.3 Å². The fourth-order valence-corrected chi connectivity index (χ4v) is 5.24. The maximum absolute atomic E-state index is 13.8. The number of fused-ring (bicyclic) bond motifs is 1. The summed E-state index contributed by atoms with van der Waals surface area (Å²) in [6.45, 7) is 4.23. The average Bonchev–Trinajstić information content (AvgIpc) is 3.36. The quantitative estimate of drug-likeness (QED) is 0.491. The normalized spacial score (nSPS) is 21.4. The third-order valence-electron chi connectivity index (χ3n) is 6.34. The maximum Gasteiger partial charge on any atom is 0.268 e. The number of hydrazine groups is 1. The second kappa shape index (κ2) is 9.28. The van der Waals surface area contributed by atoms with Crippen LogP contribution in [-0.2, 0) is 9.59 Å². The van der Waals surface area contributed by atoms with Crippen molar-refractivity contribution in [1.29, 1.82) is 0 Å². The number of halogens is 1. The number of nitrogens with one attached hydrogen (secondary N) is 1. The SMILES string of the molecule is CCOc1ccccc1[C@@H]1NN(C(=O)c2cccc(Br)c2)[C@H]2C(=O)N(c3cccc(C)c3)C(=O)[C@H]12. The van der Waals surface area contributed by atoms with Crippen molar-refractivity contribution < 1.29 is 19.1 Å². The zero-order valence-electron chi connectivity index (χ0n) is 19.3. The predicted molar refractivity (Wildman–Crippen MR) is 135 cm³/mol. The molecule has 1 N–H and O–H groups in total. The second-order valence-corrected chi connectivity index (χ2v) is 9.50. The minimum Gasteiger partial charge on any atom is -0.494 e. The summed E-state index contributed by atoms with van der Waals surface area (Å²) in [6.07, 6.45) is 0. The number of hydrogen-bond donors (Lipinski definition) is 1. The smallest absolute Gasteiger partial charge is 0.268 e. The van der Waals surface area contributed by atoms with Crippen LogP contribution >= 0.6 is 15.9 Å². The molecule has 0 bridgehead atoms. The molecular weight excluding hydrogens is 510 g/mol. The Kier molecular flexibility index (Phi) is 6.17. The van der Waals surface area contributed by atoms with Gasteiger partial charge in [0.25, 0.3) is 11.8 Å². The number of carbonyl (C=O) groups is 3. The first-order valence-electron chi connectivity index (χ1n) is 11.4. The lowest BCUT2D eigenvalue weighted by Gasteiger charge is -2.26. The molecule has 2 aliphatic heterocycles.